The summed E-state index contributed by atoms with van der Waals surface area (Å²) in [5, 5.41) is 0.815. The fourth-order valence-corrected chi connectivity index (χ4v) is 2.30. The monoisotopic (exact) mass is 225 g/mol. The number of benzene rings is 1. The van der Waals surface area contributed by atoms with Crippen molar-refractivity contribution in [3.8, 4) is 5.75 Å². The van der Waals surface area contributed by atoms with Gasteiger partial charge in [0.05, 0.1) is 6.61 Å². The molecule has 0 saturated heterocycles. The molecule has 0 amide bonds. The van der Waals surface area contributed by atoms with Gasteiger partial charge >= 0.3 is 0 Å². The van der Waals surface area contributed by atoms with Crippen molar-refractivity contribution in [3.63, 3.8) is 0 Å². The summed E-state index contributed by atoms with van der Waals surface area (Å²) in [5.41, 5.74) is 9.34. The van der Waals surface area contributed by atoms with E-state index in [1.54, 1.807) is 0 Å². The highest BCUT2D eigenvalue weighted by Gasteiger charge is 2.21. The number of halogens is 1. The lowest BCUT2D eigenvalue weighted by molar-refractivity contribution is 0.316. The van der Waals surface area contributed by atoms with E-state index in [9.17, 15) is 0 Å². The van der Waals surface area contributed by atoms with Gasteiger partial charge in [0.2, 0.25) is 0 Å². The number of rotatable bonds is 0. The summed E-state index contributed by atoms with van der Waals surface area (Å²) < 4.78 is 5.70. The second-order valence-electron chi connectivity index (χ2n) is 4.14. The van der Waals surface area contributed by atoms with Crippen LogP contribution in [0, 0.1) is 13.8 Å². The average molecular weight is 226 g/mol. The summed E-state index contributed by atoms with van der Waals surface area (Å²) in [6.45, 7) is 4.76. The van der Waals surface area contributed by atoms with E-state index in [1.165, 1.54) is 0 Å². The lowest BCUT2D eigenvalue weighted by atomic mass is 9.96. The second-order valence-corrected chi connectivity index (χ2v) is 4.52. The van der Waals surface area contributed by atoms with E-state index < -0.39 is 0 Å². The molecule has 3 heteroatoms. The molecule has 1 aliphatic rings. The van der Waals surface area contributed by atoms with E-state index in [0.29, 0.717) is 0 Å². The molecular formula is C12H16ClNO. The number of hydrogen-bond donors (Lipinski definition) is 1. The molecule has 82 valence electrons. The fourth-order valence-electron chi connectivity index (χ4n) is 2.15. The van der Waals surface area contributed by atoms with Gasteiger partial charge in [-0.15, -0.1) is 0 Å². The zero-order chi connectivity index (χ0) is 11.0. The van der Waals surface area contributed by atoms with Crippen LogP contribution in [0.5, 0.6) is 5.75 Å². The van der Waals surface area contributed by atoms with Gasteiger partial charge < -0.3 is 10.5 Å². The normalized spacial score (nSPS) is 20.4. The Bertz CT molecular complexity index is 390. The minimum atomic E-state index is 0.0561. The molecule has 0 aliphatic carbocycles. The largest absolute Gasteiger partial charge is 0.493 e. The van der Waals surface area contributed by atoms with Gasteiger partial charge in [0.25, 0.3) is 0 Å². The molecule has 0 saturated carbocycles. The van der Waals surface area contributed by atoms with Crippen molar-refractivity contribution in [2.24, 2.45) is 5.73 Å². The third-order valence-corrected chi connectivity index (χ3v) is 3.56. The summed E-state index contributed by atoms with van der Waals surface area (Å²) in [6.07, 6.45) is 1.97. The van der Waals surface area contributed by atoms with Gasteiger partial charge in [0.15, 0.2) is 0 Å². The van der Waals surface area contributed by atoms with Crippen molar-refractivity contribution in [2.45, 2.75) is 32.7 Å². The van der Waals surface area contributed by atoms with Crippen LogP contribution in [0.15, 0.2) is 6.07 Å². The Morgan fingerprint density at radius 1 is 1.47 bits per heavy atom. The van der Waals surface area contributed by atoms with E-state index in [2.05, 4.69) is 0 Å². The quantitative estimate of drug-likeness (QED) is 0.736. The van der Waals surface area contributed by atoms with Crippen LogP contribution in [0.4, 0.5) is 0 Å². The highest BCUT2D eigenvalue weighted by molar-refractivity contribution is 6.32. The first-order chi connectivity index (χ1) is 7.11. The lowest BCUT2D eigenvalue weighted by Gasteiger charge is -2.17. The summed E-state index contributed by atoms with van der Waals surface area (Å²) in [4.78, 5) is 0. The molecule has 15 heavy (non-hydrogen) atoms. The number of aryl methyl sites for hydroxylation is 1. The first-order valence-electron chi connectivity index (χ1n) is 5.29. The maximum absolute atomic E-state index is 6.22. The third kappa shape index (κ3) is 1.84. The molecule has 0 unspecified atom stereocenters. The topological polar surface area (TPSA) is 35.2 Å². The van der Waals surface area contributed by atoms with Crippen LogP contribution >= 0.6 is 11.6 Å². The van der Waals surface area contributed by atoms with Crippen LogP contribution in [0.25, 0.3) is 0 Å². The van der Waals surface area contributed by atoms with Crippen molar-refractivity contribution >= 4 is 11.6 Å². The SMILES string of the molecule is Cc1cc2c(c(C)c1Cl)[C@H](N)CCCO2. The Kier molecular flexibility index (Phi) is 2.89. The number of nitrogens with two attached hydrogens (primary N) is 1. The minimum Gasteiger partial charge on any atom is -0.493 e. The van der Waals surface area contributed by atoms with Crippen molar-refractivity contribution in [1.82, 2.24) is 0 Å². The average Bonchev–Trinajstić information content (AvgIpc) is 2.37. The van der Waals surface area contributed by atoms with Crippen LogP contribution in [0.1, 0.15) is 35.6 Å². The maximum atomic E-state index is 6.22. The van der Waals surface area contributed by atoms with Crippen LogP contribution in [-0.2, 0) is 0 Å². The Hall–Kier alpha value is -0.730. The summed E-state index contributed by atoms with van der Waals surface area (Å²) in [6, 6.07) is 2.05. The predicted molar refractivity (Wildman–Crippen MR) is 62.6 cm³/mol. The molecule has 0 aromatic heterocycles. The van der Waals surface area contributed by atoms with Crippen LogP contribution in [-0.4, -0.2) is 6.61 Å². The molecular weight excluding hydrogens is 210 g/mol. The highest BCUT2D eigenvalue weighted by atomic mass is 35.5. The molecule has 1 aromatic rings. The molecule has 0 spiro atoms. The van der Waals surface area contributed by atoms with E-state index in [0.717, 1.165) is 46.9 Å². The number of hydrogen-bond acceptors (Lipinski definition) is 2. The predicted octanol–water partition coefficient (Wildman–Crippen LogP) is 3.13. The smallest absolute Gasteiger partial charge is 0.124 e. The van der Waals surface area contributed by atoms with Crippen molar-refractivity contribution in [1.29, 1.82) is 0 Å². The van der Waals surface area contributed by atoms with Crippen LogP contribution in [0.3, 0.4) is 0 Å². The van der Waals surface area contributed by atoms with Crippen molar-refractivity contribution < 1.29 is 4.74 Å². The molecule has 1 aromatic carbocycles. The second kappa shape index (κ2) is 4.03. The van der Waals surface area contributed by atoms with E-state index in [4.69, 9.17) is 22.1 Å². The number of ether oxygens (including phenoxy) is 1. The van der Waals surface area contributed by atoms with E-state index >= 15 is 0 Å². The van der Waals surface area contributed by atoms with E-state index in [1.807, 2.05) is 19.9 Å². The van der Waals surface area contributed by atoms with Gasteiger partial charge in [-0.25, -0.2) is 0 Å². The highest BCUT2D eigenvalue weighted by Crippen LogP contribution is 2.37. The molecule has 1 heterocycles. The van der Waals surface area contributed by atoms with Crippen LogP contribution in [0.2, 0.25) is 5.02 Å². The number of fused-ring (bicyclic) bond motifs is 1. The Balaban J connectivity index is 2.61. The summed E-state index contributed by atoms with van der Waals surface area (Å²) >= 11 is 6.22. The minimum absolute atomic E-state index is 0.0561. The van der Waals surface area contributed by atoms with Gasteiger partial charge in [-0.1, -0.05) is 11.6 Å². The summed E-state index contributed by atoms with van der Waals surface area (Å²) in [5.74, 6) is 0.916. The summed E-state index contributed by atoms with van der Waals surface area (Å²) in [7, 11) is 0. The fraction of sp³-hybridized carbons (Fsp3) is 0.500. The van der Waals surface area contributed by atoms with Gasteiger partial charge in [-0.05, 0) is 43.9 Å². The van der Waals surface area contributed by atoms with Gasteiger partial charge in [-0.3, -0.25) is 0 Å². The molecule has 2 nitrogen and oxygen atoms in total. The zero-order valence-electron chi connectivity index (χ0n) is 9.14. The van der Waals surface area contributed by atoms with Crippen molar-refractivity contribution in [2.75, 3.05) is 6.61 Å². The molecule has 0 fully saturated rings. The lowest BCUT2D eigenvalue weighted by Crippen LogP contribution is -2.11. The van der Waals surface area contributed by atoms with Gasteiger partial charge in [0, 0.05) is 16.6 Å². The Labute approximate surface area is 95.4 Å². The third-order valence-electron chi connectivity index (χ3n) is 2.98. The van der Waals surface area contributed by atoms with Crippen molar-refractivity contribution in [3.05, 3.63) is 27.8 Å². The first kappa shape index (κ1) is 10.8. The maximum Gasteiger partial charge on any atom is 0.124 e. The Morgan fingerprint density at radius 2 is 2.20 bits per heavy atom. The molecule has 1 atom stereocenters. The van der Waals surface area contributed by atoms with Crippen LogP contribution < -0.4 is 10.5 Å². The first-order valence-corrected chi connectivity index (χ1v) is 5.67. The zero-order valence-corrected chi connectivity index (χ0v) is 9.90. The van der Waals surface area contributed by atoms with Gasteiger partial charge in [0.1, 0.15) is 5.75 Å². The molecule has 2 N–H and O–H groups in total. The Morgan fingerprint density at radius 3 is 2.93 bits per heavy atom. The molecule has 0 radical (unpaired) electrons. The molecule has 0 bridgehead atoms. The van der Waals surface area contributed by atoms with Gasteiger partial charge in [-0.2, -0.15) is 0 Å². The molecule has 2 rings (SSSR count). The molecule has 1 aliphatic heterocycles. The standard InChI is InChI=1S/C12H16ClNO/c1-7-6-10-11(8(2)12(7)13)9(14)4-3-5-15-10/h6,9H,3-5,14H2,1-2H3/t9-/m1/s1. The van der Waals surface area contributed by atoms with E-state index in [-0.39, 0.29) is 6.04 Å².